The third-order valence-electron chi connectivity index (χ3n) is 3.80. The molecule has 2 aromatic carbocycles. The van der Waals surface area contributed by atoms with Crippen LogP contribution >= 0.6 is 0 Å². The zero-order valence-corrected chi connectivity index (χ0v) is 14.8. The predicted molar refractivity (Wildman–Crippen MR) is 100 cm³/mol. The largest absolute Gasteiger partial charge is 0.497 e. The number of aromatic nitrogens is 3. The van der Waals surface area contributed by atoms with Gasteiger partial charge in [0.2, 0.25) is 5.95 Å². The van der Waals surface area contributed by atoms with Crippen LogP contribution in [-0.4, -0.2) is 29.4 Å². The molecule has 2 N–H and O–H groups in total. The Morgan fingerprint density at radius 2 is 1.31 bits per heavy atom. The van der Waals surface area contributed by atoms with E-state index < -0.39 is 0 Å². The normalized spacial score (nSPS) is 10.2. The smallest absolute Gasteiger partial charge is 0.244 e. The molecular formula is C19H21N5O2. The van der Waals surface area contributed by atoms with E-state index in [-0.39, 0.29) is 0 Å². The van der Waals surface area contributed by atoms with Gasteiger partial charge < -0.3 is 20.1 Å². The van der Waals surface area contributed by atoms with Gasteiger partial charge in [-0.1, -0.05) is 24.3 Å². The number of nitrogens with zero attached hydrogens (tertiary/aromatic N) is 3. The molecule has 0 aliphatic carbocycles. The number of hydrogen-bond donors (Lipinski definition) is 2. The van der Waals surface area contributed by atoms with E-state index in [9.17, 15) is 0 Å². The highest BCUT2D eigenvalue weighted by molar-refractivity contribution is 5.39. The molecule has 0 atom stereocenters. The molecule has 134 valence electrons. The van der Waals surface area contributed by atoms with E-state index in [2.05, 4.69) is 25.8 Å². The zero-order valence-electron chi connectivity index (χ0n) is 14.8. The number of nitrogens with one attached hydrogen (secondary N) is 2. The van der Waals surface area contributed by atoms with Gasteiger partial charge in [0.15, 0.2) is 5.82 Å². The molecule has 0 aliphatic heterocycles. The second-order valence-electron chi connectivity index (χ2n) is 5.57. The Morgan fingerprint density at radius 1 is 0.769 bits per heavy atom. The van der Waals surface area contributed by atoms with Crippen LogP contribution in [0.2, 0.25) is 0 Å². The summed E-state index contributed by atoms with van der Waals surface area (Å²) in [4.78, 5) is 4.43. The van der Waals surface area contributed by atoms with Crippen molar-refractivity contribution in [2.24, 2.45) is 0 Å². The lowest BCUT2D eigenvalue weighted by Crippen LogP contribution is -2.08. The number of benzene rings is 2. The van der Waals surface area contributed by atoms with Crippen molar-refractivity contribution in [1.29, 1.82) is 0 Å². The van der Waals surface area contributed by atoms with Crippen molar-refractivity contribution in [3.05, 3.63) is 65.9 Å². The van der Waals surface area contributed by atoms with E-state index in [0.717, 1.165) is 22.6 Å². The average molecular weight is 351 g/mol. The second kappa shape index (κ2) is 8.66. The van der Waals surface area contributed by atoms with Crippen molar-refractivity contribution in [3.63, 3.8) is 0 Å². The maximum absolute atomic E-state index is 5.16. The molecule has 1 heterocycles. The number of rotatable bonds is 8. The number of anilines is 2. The molecule has 7 nitrogen and oxygen atoms in total. The Morgan fingerprint density at radius 3 is 1.85 bits per heavy atom. The van der Waals surface area contributed by atoms with Gasteiger partial charge in [0.05, 0.1) is 20.4 Å². The minimum absolute atomic E-state index is 0.473. The highest BCUT2D eigenvalue weighted by atomic mass is 16.5. The van der Waals surface area contributed by atoms with Crippen molar-refractivity contribution < 1.29 is 9.47 Å². The lowest BCUT2D eigenvalue weighted by molar-refractivity contribution is 0.414. The third-order valence-corrected chi connectivity index (χ3v) is 3.80. The van der Waals surface area contributed by atoms with Crippen molar-refractivity contribution in [2.75, 3.05) is 24.9 Å². The van der Waals surface area contributed by atoms with Crippen LogP contribution in [0.15, 0.2) is 54.7 Å². The molecule has 0 fully saturated rings. The molecule has 0 radical (unpaired) electrons. The first-order valence-electron chi connectivity index (χ1n) is 8.20. The highest BCUT2D eigenvalue weighted by Crippen LogP contribution is 2.14. The third kappa shape index (κ3) is 4.83. The summed E-state index contributed by atoms with van der Waals surface area (Å²) in [7, 11) is 3.30. The fraction of sp³-hybridized carbons (Fsp3) is 0.211. The molecule has 3 aromatic rings. The summed E-state index contributed by atoms with van der Waals surface area (Å²) in [5, 5.41) is 14.4. The van der Waals surface area contributed by atoms with E-state index in [1.54, 1.807) is 20.4 Å². The molecule has 0 saturated carbocycles. The fourth-order valence-corrected chi connectivity index (χ4v) is 2.32. The van der Waals surface area contributed by atoms with Crippen LogP contribution in [0, 0.1) is 0 Å². The topological polar surface area (TPSA) is 81.2 Å². The van der Waals surface area contributed by atoms with Crippen LogP contribution in [0.3, 0.4) is 0 Å². The Bertz CT molecular complexity index is 755. The molecule has 0 aliphatic rings. The molecule has 0 saturated heterocycles. The molecule has 7 heteroatoms. The SMILES string of the molecule is COc1ccc(CNc2cnnc(NCc3ccc(OC)cc3)n2)cc1. The first-order valence-corrected chi connectivity index (χ1v) is 8.20. The van der Waals surface area contributed by atoms with Crippen LogP contribution < -0.4 is 20.1 Å². The summed E-state index contributed by atoms with van der Waals surface area (Å²) in [6.07, 6.45) is 1.60. The summed E-state index contributed by atoms with van der Waals surface area (Å²) in [5.41, 5.74) is 2.23. The number of ether oxygens (including phenoxy) is 2. The van der Waals surface area contributed by atoms with Gasteiger partial charge in [-0.25, -0.2) is 0 Å². The Hall–Kier alpha value is -3.35. The summed E-state index contributed by atoms with van der Waals surface area (Å²) in [6.45, 7) is 1.24. The summed E-state index contributed by atoms with van der Waals surface area (Å²) in [6, 6.07) is 15.7. The Balaban J connectivity index is 1.55. The summed E-state index contributed by atoms with van der Waals surface area (Å²) < 4.78 is 10.3. The molecule has 3 rings (SSSR count). The van der Waals surface area contributed by atoms with Crippen LogP contribution in [0.25, 0.3) is 0 Å². The zero-order chi connectivity index (χ0) is 18.2. The van der Waals surface area contributed by atoms with Gasteiger partial charge in [-0.3, -0.25) is 0 Å². The van der Waals surface area contributed by atoms with Crippen molar-refractivity contribution in [2.45, 2.75) is 13.1 Å². The monoisotopic (exact) mass is 351 g/mol. The maximum atomic E-state index is 5.16. The van der Waals surface area contributed by atoms with Crippen molar-refractivity contribution >= 4 is 11.8 Å². The first kappa shape index (κ1) is 17.5. The van der Waals surface area contributed by atoms with E-state index in [1.807, 2.05) is 48.5 Å². The van der Waals surface area contributed by atoms with Gasteiger partial charge >= 0.3 is 0 Å². The van der Waals surface area contributed by atoms with Crippen LogP contribution in [0.1, 0.15) is 11.1 Å². The van der Waals surface area contributed by atoms with E-state index in [1.165, 1.54) is 0 Å². The van der Waals surface area contributed by atoms with Gasteiger partial charge in [-0.15, -0.1) is 5.10 Å². The first-order chi connectivity index (χ1) is 12.8. The van der Waals surface area contributed by atoms with Gasteiger partial charge in [-0.2, -0.15) is 10.1 Å². The van der Waals surface area contributed by atoms with E-state index in [0.29, 0.717) is 24.9 Å². The minimum atomic E-state index is 0.473. The quantitative estimate of drug-likeness (QED) is 0.645. The Kier molecular flexibility index (Phi) is 5.82. The average Bonchev–Trinajstić information content (AvgIpc) is 2.72. The standard InChI is InChI=1S/C19H21N5O2/c1-25-16-7-3-14(4-8-16)11-20-18-13-22-24-19(23-18)21-12-15-5-9-17(26-2)10-6-15/h3-10,13H,11-12H2,1-2H3,(H2,20,21,23,24). The minimum Gasteiger partial charge on any atom is -0.497 e. The summed E-state index contributed by atoms with van der Waals surface area (Å²) >= 11 is 0. The molecule has 0 bridgehead atoms. The molecule has 26 heavy (non-hydrogen) atoms. The van der Waals surface area contributed by atoms with Crippen LogP contribution in [0.4, 0.5) is 11.8 Å². The maximum Gasteiger partial charge on any atom is 0.244 e. The van der Waals surface area contributed by atoms with E-state index >= 15 is 0 Å². The lowest BCUT2D eigenvalue weighted by atomic mass is 10.2. The van der Waals surface area contributed by atoms with Gasteiger partial charge in [0.1, 0.15) is 11.5 Å². The van der Waals surface area contributed by atoms with Crippen LogP contribution in [0.5, 0.6) is 11.5 Å². The number of methoxy groups -OCH3 is 2. The highest BCUT2D eigenvalue weighted by Gasteiger charge is 2.02. The Labute approximate surface area is 152 Å². The second-order valence-corrected chi connectivity index (χ2v) is 5.57. The number of hydrogen-bond acceptors (Lipinski definition) is 7. The van der Waals surface area contributed by atoms with Crippen molar-refractivity contribution in [3.8, 4) is 11.5 Å². The molecule has 0 unspecified atom stereocenters. The van der Waals surface area contributed by atoms with Gasteiger partial charge in [0, 0.05) is 13.1 Å². The van der Waals surface area contributed by atoms with Crippen molar-refractivity contribution in [1.82, 2.24) is 15.2 Å². The molecule has 0 spiro atoms. The van der Waals surface area contributed by atoms with Crippen LogP contribution in [-0.2, 0) is 13.1 Å². The van der Waals surface area contributed by atoms with Gasteiger partial charge in [-0.05, 0) is 35.4 Å². The molecule has 0 amide bonds. The van der Waals surface area contributed by atoms with Gasteiger partial charge in [0.25, 0.3) is 0 Å². The fourth-order valence-electron chi connectivity index (χ4n) is 2.32. The lowest BCUT2D eigenvalue weighted by Gasteiger charge is -2.08. The predicted octanol–water partition coefficient (Wildman–Crippen LogP) is 3.11. The van der Waals surface area contributed by atoms with E-state index in [4.69, 9.17) is 9.47 Å². The summed E-state index contributed by atoms with van der Waals surface area (Å²) in [5.74, 6) is 2.80. The molecular weight excluding hydrogens is 330 g/mol. The molecule has 1 aromatic heterocycles.